The number of allylic oxidation sites excluding steroid dienone is 1. The number of carbonyl (C=O) groups is 2. The minimum atomic E-state index is -1.55. The Bertz CT molecular complexity index is 2050. The Kier molecular flexibility index (Phi) is 18.5. The van der Waals surface area contributed by atoms with Crippen LogP contribution < -0.4 is 14.2 Å². The average Bonchev–Trinajstić information content (AvgIpc) is 3.32. The number of unbranched alkanes of at least 4 members (excludes halogenated alkanes) is 2. The van der Waals surface area contributed by atoms with Gasteiger partial charge in [-0.2, -0.15) is 0 Å². The lowest BCUT2D eigenvalue weighted by Gasteiger charge is -2.59. The van der Waals surface area contributed by atoms with Crippen LogP contribution in [0.4, 0.5) is 4.79 Å². The lowest BCUT2D eigenvalue weighted by Crippen LogP contribution is -2.70. The van der Waals surface area contributed by atoms with E-state index in [0.29, 0.717) is 47.1 Å². The van der Waals surface area contributed by atoms with Crippen molar-refractivity contribution in [1.29, 1.82) is 0 Å². The zero-order chi connectivity index (χ0) is 45.3. The van der Waals surface area contributed by atoms with Crippen molar-refractivity contribution in [3.63, 3.8) is 0 Å². The molecule has 1 amide bonds. The van der Waals surface area contributed by atoms with Gasteiger partial charge in [0.25, 0.3) is 0 Å². The number of halogens is 1. The van der Waals surface area contributed by atoms with E-state index in [2.05, 4.69) is 12.7 Å². The maximum Gasteiger partial charge on any atom is 0.410 e. The molecule has 0 radical (unpaired) electrons. The zero-order valence-electron chi connectivity index (χ0n) is 36.5. The van der Waals surface area contributed by atoms with E-state index < -0.39 is 23.8 Å². The van der Waals surface area contributed by atoms with Gasteiger partial charge in [-0.1, -0.05) is 60.5 Å². The molecule has 6 atom stereocenters. The summed E-state index contributed by atoms with van der Waals surface area (Å²) in [7, 11) is 1.50. The van der Waals surface area contributed by atoms with E-state index in [4.69, 9.17) is 50.0 Å². The van der Waals surface area contributed by atoms with Crippen molar-refractivity contribution in [2.45, 2.75) is 69.3 Å². The minimum Gasteiger partial charge on any atom is -0.496 e. The van der Waals surface area contributed by atoms with Crippen LogP contribution in [0.1, 0.15) is 72.3 Å². The first-order valence-electron chi connectivity index (χ1n) is 22.1. The third-order valence-corrected chi connectivity index (χ3v) is 12.2. The minimum absolute atomic E-state index is 0.00148. The molecule has 0 saturated heterocycles. The maximum atomic E-state index is 14.3. The number of oxime groups is 1. The highest BCUT2D eigenvalue weighted by Gasteiger charge is 2.65. The molecule has 0 aromatic heterocycles. The van der Waals surface area contributed by atoms with Gasteiger partial charge in [0.15, 0.2) is 6.29 Å². The first-order chi connectivity index (χ1) is 31.4. The molecule has 0 bridgehead atoms. The highest BCUT2D eigenvalue weighted by Crippen LogP contribution is 2.62. The summed E-state index contributed by atoms with van der Waals surface area (Å²) in [6.07, 6.45) is 8.36. The van der Waals surface area contributed by atoms with E-state index in [1.807, 2.05) is 42.5 Å². The topological polar surface area (TPSA) is 175 Å². The highest BCUT2D eigenvalue weighted by molar-refractivity contribution is 6.18. The number of ether oxygens (including phenoxy) is 6. The Morgan fingerprint density at radius 1 is 0.969 bits per heavy atom. The van der Waals surface area contributed by atoms with Crippen molar-refractivity contribution in [3.05, 3.63) is 108 Å². The van der Waals surface area contributed by atoms with Crippen LogP contribution in [-0.2, 0) is 25.7 Å². The smallest absolute Gasteiger partial charge is 0.410 e. The molecule has 64 heavy (non-hydrogen) atoms. The Balaban J connectivity index is 1.58. The van der Waals surface area contributed by atoms with Gasteiger partial charge >= 0.3 is 6.09 Å². The van der Waals surface area contributed by atoms with Crippen LogP contribution in [0.2, 0.25) is 0 Å². The number of fused-ring (bicyclic) bond motifs is 2. The van der Waals surface area contributed by atoms with Gasteiger partial charge in [0, 0.05) is 37.7 Å². The molecular weight excluding hydrogens is 844 g/mol. The maximum absolute atomic E-state index is 14.3. The van der Waals surface area contributed by atoms with Crippen LogP contribution in [0.15, 0.2) is 96.2 Å². The molecule has 1 fully saturated rings. The zero-order valence-corrected chi connectivity index (χ0v) is 37.2. The summed E-state index contributed by atoms with van der Waals surface area (Å²) in [6, 6.07) is 19.5. The highest BCUT2D eigenvalue weighted by atomic mass is 35.5. The summed E-state index contributed by atoms with van der Waals surface area (Å²) in [5.74, 6) is -0.536. The number of alkyl halides is 1. The molecule has 346 valence electrons. The van der Waals surface area contributed by atoms with Crippen LogP contribution >= 0.6 is 11.6 Å². The Labute approximate surface area is 380 Å². The summed E-state index contributed by atoms with van der Waals surface area (Å²) in [6.45, 7) is 4.33. The first-order valence-corrected chi connectivity index (χ1v) is 22.6. The quantitative estimate of drug-likeness (QED) is 0.0235. The number of hydrogen-bond acceptors (Lipinski definition) is 13. The van der Waals surface area contributed by atoms with Crippen LogP contribution in [0.25, 0.3) is 0 Å². The van der Waals surface area contributed by atoms with Crippen molar-refractivity contribution < 1.29 is 58.2 Å². The number of aliphatic hydroxyl groups excluding tert-OH is 3. The van der Waals surface area contributed by atoms with E-state index in [1.165, 1.54) is 7.11 Å². The molecule has 1 heterocycles. The largest absolute Gasteiger partial charge is 0.496 e. The molecule has 3 N–H and O–H groups in total. The molecule has 1 aliphatic heterocycles. The fraction of sp³-hybridized carbons (Fsp3) is 0.490. The summed E-state index contributed by atoms with van der Waals surface area (Å²) < 4.78 is 37.6. The number of rotatable bonds is 26. The third kappa shape index (κ3) is 11.5. The Morgan fingerprint density at radius 2 is 1.73 bits per heavy atom. The number of aliphatic hydroxyl groups is 3. The SMILES string of the molecule is C=CCO[C@@]12Oc3ccc(Oc4ccc(OC)c(C=O)c4)cc3[C@H]3[C@H](CCCCO)[C@@H](CCCCO)C=C(C(=NOCc4ccccc4)C[C@@H]1N(CCOCCO)C(=O)OCCCl)[C@H]32. The van der Waals surface area contributed by atoms with Gasteiger partial charge in [0.05, 0.1) is 56.6 Å². The molecule has 0 unspecified atom stereocenters. The first kappa shape index (κ1) is 48.5. The van der Waals surface area contributed by atoms with Crippen LogP contribution in [-0.4, -0.2) is 116 Å². The van der Waals surface area contributed by atoms with Gasteiger partial charge in [0.1, 0.15) is 42.3 Å². The number of amides is 1. The summed E-state index contributed by atoms with van der Waals surface area (Å²) >= 11 is 6.05. The van der Waals surface area contributed by atoms with Crippen LogP contribution in [0, 0.1) is 17.8 Å². The van der Waals surface area contributed by atoms with Gasteiger partial charge in [0.2, 0.25) is 5.79 Å². The fourth-order valence-corrected chi connectivity index (χ4v) is 9.46. The number of carbonyl (C=O) groups excluding carboxylic acids is 2. The number of hydrogen-bond donors (Lipinski definition) is 3. The molecule has 6 rings (SSSR count). The number of nitrogens with zero attached hydrogens (tertiary/aromatic N) is 2. The number of benzene rings is 3. The molecule has 15 heteroatoms. The second-order valence-electron chi connectivity index (χ2n) is 16.0. The van der Waals surface area contributed by atoms with Crippen molar-refractivity contribution in [2.75, 3.05) is 65.8 Å². The average molecular weight is 905 g/mol. The molecule has 3 aromatic rings. The van der Waals surface area contributed by atoms with E-state index in [0.717, 1.165) is 48.7 Å². The lowest BCUT2D eigenvalue weighted by atomic mass is 9.55. The van der Waals surface area contributed by atoms with Gasteiger partial charge in [-0.15, -0.1) is 18.2 Å². The molecule has 2 aliphatic carbocycles. The molecule has 0 spiro atoms. The predicted molar refractivity (Wildman–Crippen MR) is 241 cm³/mol. The third-order valence-electron chi connectivity index (χ3n) is 12.1. The predicted octanol–water partition coefficient (Wildman–Crippen LogP) is 7.82. The lowest BCUT2D eigenvalue weighted by molar-refractivity contribution is -0.256. The van der Waals surface area contributed by atoms with Gasteiger partial charge in [-0.25, -0.2) is 4.79 Å². The monoisotopic (exact) mass is 904 g/mol. The fourth-order valence-electron chi connectivity index (χ4n) is 9.39. The Morgan fingerprint density at radius 3 is 2.45 bits per heavy atom. The molecule has 14 nitrogen and oxygen atoms in total. The van der Waals surface area contributed by atoms with Crippen LogP contribution in [0.5, 0.6) is 23.0 Å². The molecule has 1 saturated carbocycles. The molecular formula is C49H61ClN2O12. The van der Waals surface area contributed by atoms with Gasteiger partial charge in [-0.05, 0) is 85.1 Å². The Hall–Kier alpha value is -4.96. The van der Waals surface area contributed by atoms with Crippen molar-refractivity contribution in [1.82, 2.24) is 4.90 Å². The number of aldehydes is 1. The second kappa shape index (κ2) is 24.4. The van der Waals surface area contributed by atoms with E-state index in [9.17, 15) is 24.9 Å². The molecule has 3 aromatic carbocycles. The summed E-state index contributed by atoms with van der Waals surface area (Å²) in [4.78, 5) is 34.0. The normalized spacial score (nSPS) is 22.6. The second-order valence-corrected chi connectivity index (χ2v) is 16.4. The standard InChI is InChI=1S/C49H61ClN2O12/c1-3-24-61-49-45(52(20-26-59-27-23-55)48(57)60-25-19-50)31-42(51-62-33-34-11-5-4-6-12-34)40-29-35(13-7-9-21-53)39(14-8-10-22-54)46(47(40)49)41-30-38(16-18-44(41)64-49)63-37-15-17-43(58-2)36(28-37)32-56/h3-6,11-12,15-18,28-30,32,35,39,45-47,53-55H,1,7-10,13-14,19-27,31,33H2,2H3/t35-,39+,45-,46+,47+,49+/m0/s1. The summed E-state index contributed by atoms with van der Waals surface area (Å²) in [5, 5.41) is 34.3. The van der Waals surface area contributed by atoms with E-state index >= 15 is 0 Å². The molecule has 3 aliphatic rings. The van der Waals surface area contributed by atoms with Crippen molar-refractivity contribution in [3.8, 4) is 23.0 Å². The van der Waals surface area contributed by atoms with E-state index in [1.54, 1.807) is 35.2 Å². The van der Waals surface area contributed by atoms with Gasteiger partial charge in [-0.3, -0.25) is 9.69 Å². The van der Waals surface area contributed by atoms with Crippen LogP contribution in [0.3, 0.4) is 0 Å². The van der Waals surface area contributed by atoms with Gasteiger partial charge < -0.3 is 48.6 Å². The number of methoxy groups -OCH3 is 1. The summed E-state index contributed by atoms with van der Waals surface area (Å²) in [5.41, 5.74) is 3.59. The van der Waals surface area contributed by atoms with Crippen molar-refractivity contribution in [2.24, 2.45) is 22.9 Å². The van der Waals surface area contributed by atoms with E-state index in [-0.39, 0.29) is 89.5 Å². The van der Waals surface area contributed by atoms with Crippen molar-refractivity contribution >= 4 is 29.7 Å².